The number of carbonyl (C=O) groups excluding carboxylic acids is 1. The summed E-state index contributed by atoms with van der Waals surface area (Å²) in [6, 6.07) is 3.57. The maximum Gasteiger partial charge on any atom is 0.222 e. The molecule has 1 aromatic rings. The Hall–Kier alpha value is -1.91. The molecule has 0 bridgehead atoms. The van der Waals surface area contributed by atoms with Gasteiger partial charge in [0.1, 0.15) is 0 Å². The number of hydrogen-bond acceptors (Lipinski definition) is 4. The van der Waals surface area contributed by atoms with Crippen molar-refractivity contribution in [3.05, 3.63) is 17.7 Å². The van der Waals surface area contributed by atoms with E-state index >= 15 is 0 Å². The van der Waals surface area contributed by atoms with E-state index in [0.29, 0.717) is 30.0 Å². The minimum absolute atomic E-state index is 0.143. The Bertz CT molecular complexity index is 457. The molecule has 5 nitrogen and oxygen atoms in total. The van der Waals surface area contributed by atoms with Crippen molar-refractivity contribution in [2.75, 3.05) is 33.0 Å². The first-order chi connectivity index (χ1) is 9.57. The van der Waals surface area contributed by atoms with Crippen LogP contribution in [0.25, 0.3) is 0 Å². The van der Waals surface area contributed by atoms with Crippen LogP contribution >= 0.6 is 0 Å². The molecule has 0 atom stereocenters. The van der Waals surface area contributed by atoms with Crippen molar-refractivity contribution in [1.82, 2.24) is 4.90 Å². The number of anilines is 1. The van der Waals surface area contributed by atoms with E-state index in [0.717, 1.165) is 18.7 Å². The van der Waals surface area contributed by atoms with Crippen molar-refractivity contribution in [2.45, 2.75) is 26.7 Å². The Morgan fingerprint density at radius 1 is 1.15 bits per heavy atom. The first kappa shape index (κ1) is 16.1. The van der Waals surface area contributed by atoms with Crippen LogP contribution in [0.15, 0.2) is 12.1 Å². The minimum atomic E-state index is 0.143. The summed E-state index contributed by atoms with van der Waals surface area (Å²) in [5.74, 6) is 1.37. The average Bonchev–Trinajstić information content (AvgIpc) is 2.46. The number of benzene rings is 1. The van der Waals surface area contributed by atoms with Gasteiger partial charge in [0.05, 0.1) is 14.2 Å². The van der Waals surface area contributed by atoms with E-state index < -0.39 is 0 Å². The molecule has 0 aliphatic heterocycles. The number of amides is 1. The Labute approximate surface area is 120 Å². The van der Waals surface area contributed by atoms with Crippen LogP contribution in [-0.4, -0.2) is 38.1 Å². The normalized spacial score (nSPS) is 10.2. The predicted molar refractivity (Wildman–Crippen MR) is 80.2 cm³/mol. The third kappa shape index (κ3) is 3.79. The quantitative estimate of drug-likeness (QED) is 0.777. The lowest BCUT2D eigenvalue weighted by molar-refractivity contribution is -0.130. The summed E-state index contributed by atoms with van der Waals surface area (Å²) in [6.45, 7) is 5.42. The topological polar surface area (TPSA) is 64.8 Å². The smallest absolute Gasteiger partial charge is 0.222 e. The molecule has 112 valence electrons. The highest BCUT2D eigenvalue weighted by Crippen LogP contribution is 2.32. The van der Waals surface area contributed by atoms with Gasteiger partial charge in [-0.3, -0.25) is 4.79 Å². The maximum absolute atomic E-state index is 12.0. The Kier molecular flexibility index (Phi) is 6.15. The molecule has 20 heavy (non-hydrogen) atoms. The number of ether oxygens (including phenoxy) is 2. The van der Waals surface area contributed by atoms with Gasteiger partial charge in [-0.25, -0.2) is 0 Å². The lowest BCUT2D eigenvalue weighted by atomic mass is 10.1. The van der Waals surface area contributed by atoms with Gasteiger partial charge < -0.3 is 20.1 Å². The molecule has 0 saturated carbocycles. The van der Waals surface area contributed by atoms with Crippen LogP contribution in [0, 0.1) is 0 Å². The fraction of sp³-hybridized carbons (Fsp3) is 0.533. The van der Waals surface area contributed by atoms with Crippen molar-refractivity contribution in [2.24, 2.45) is 0 Å². The molecule has 0 fully saturated rings. The van der Waals surface area contributed by atoms with Crippen LogP contribution in [0.1, 0.15) is 25.8 Å². The summed E-state index contributed by atoms with van der Waals surface area (Å²) in [6.07, 6.45) is 1.04. The van der Waals surface area contributed by atoms with Gasteiger partial charge in [-0.1, -0.05) is 0 Å². The van der Waals surface area contributed by atoms with Gasteiger partial charge in [0.2, 0.25) is 5.91 Å². The molecular weight excluding hydrogens is 256 g/mol. The van der Waals surface area contributed by atoms with Crippen LogP contribution in [0.3, 0.4) is 0 Å². The number of aryl methyl sites for hydroxylation is 1. The highest BCUT2D eigenvalue weighted by atomic mass is 16.5. The van der Waals surface area contributed by atoms with E-state index in [1.54, 1.807) is 20.3 Å². The van der Waals surface area contributed by atoms with E-state index in [4.69, 9.17) is 15.2 Å². The highest BCUT2D eigenvalue weighted by molar-refractivity contribution is 5.76. The SMILES string of the molecule is CCN(CC)C(=O)CCc1cc(OC)c(OC)cc1N. The van der Waals surface area contributed by atoms with Gasteiger partial charge >= 0.3 is 0 Å². The second-order valence-corrected chi connectivity index (χ2v) is 4.47. The largest absolute Gasteiger partial charge is 0.493 e. The molecule has 1 aromatic carbocycles. The summed E-state index contributed by atoms with van der Waals surface area (Å²) >= 11 is 0. The van der Waals surface area contributed by atoms with Crippen molar-refractivity contribution in [1.29, 1.82) is 0 Å². The van der Waals surface area contributed by atoms with E-state index in [2.05, 4.69) is 0 Å². The highest BCUT2D eigenvalue weighted by Gasteiger charge is 2.13. The maximum atomic E-state index is 12.0. The van der Waals surface area contributed by atoms with E-state index in [1.165, 1.54) is 0 Å². The minimum Gasteiger partial charge on any atom is -0.493 e. The van der Waals surface area contributed by atoms with Crippen LogP contribution in [0.5, 0.6) is 11.5 Å². The first-order valence-electron chi connectivity index (χ1n) is 6.85. The van der Waals surface area contributed by atoms with Gasteiger partial charge in [0.15, 0.2) is 11.5 Å². The summed E-state index contributed by atoms with van der Waals surface area (Å²) < 4.78 is 10.4. The molecule has 0 heterocycles. The molecule has 1 rings (SSSR count). The molecule has 0 radical (unpaired) electrons. The van der Waals surface area contributed by atoms with E-state index in [-0.39, 0.29) is 5.91 Å². The number of carbonyl (C=O) groups is 1. The number of methoxy groups -OCH3 is 2. The average molecular weight is 280 g/mol. The third-order valence-corrected chi connectivity index (χ3v) is 3.37. The zero-order valence-corrected chi connectivity index (χ0v) is 12.7. The molecular formula is C15H24N2O3. The second kappa shape index (κ2) is 7.62. The van der Waals surface area contributed by atoms with Crippen molar-refractivity contribution >= 4 is 11.6 Å². The number of nitrogens with zero attached hydrogens (tertiary/aromatic N) is 1. The summed E-state index contributed by atoms with van der Waals surface area (Å²) in [5.41, 5.74) is 7.51. The van der Waals surface area contributed by atoms with Crippen molar-refractivity contribution in [3.63, 3.8) is 0 Å². The standard InChI is InChI=1S/C15H24N2O3/c1-5-17(6-2)15(18)8-7-11-9-13(19-3)14(20-4)10-12(11)16/h9-10H,5-8,16H2,1-4H3. The number of nitrogens with two attached hydrogens (primary N) is 1. The van der Waals surface area contributed by atoms with E-state index in [1.807, 2.05) is 24.8 Å². The van der Waals surface area contributed by atoms with Gasteiger partial charge in [0, 0.05) is 31.3 Å². The zero-order chi connectivity index (χ0) is 15.1. The molecule has 5 heteroatoms. The van der Waals surface area contributed by atoms with Crippen molar-refractivity contribution < 1.29 is 14.3 Å². The third-order valence-electron chi connectivity index (χ3n) is 3.37. The monoisotopic (exact) mass is 280 g/mol. The Balaban J connectivity index is 2.80. The van der Waals surface area contributed by atoms with Crippen molar-refractivity contribution in [3.8, 4) is 11.5 Å². The lowest BCUT2D eigenvalue weighted by Gasteiger charge is -2.19. The van der Waals surface area contributed by atoms with Gasteiger partial charge in [-0.05, 0) is 31.9 Å². The number of rotatable bonds is 7. The van der Waals surface area contributed by atoms with Gasteiger partial charge in [-0.2, -0.15) is 0 Å². The van der Waals surface area contributed by atoms with Gasteiger partial charge in [0.25, 0.3) is 0 Å². The Morgan fingerprint density at radius 2 is 1.70 bits per heavy atom. The molecule has 2 N–H and O–H groups in total. The van der Waals surface area contributed by atoms with Crippen LogP contribution in [0.4, 0.5) is 5.69 Å². The number of hydrogen-bond donors (Lipinski definition) is 1. The Morgan fingerprint density at radius 3 is 2.20 bits per heavy atom. The lowest BCUT2D eigenvalue weighted by Crippen LogP contribution is -2.30. The van der Waals surface area contributed by atoms with Gasteiger partial charge in [-0.15, -0.1) is 0 Å². The number of nitrogen functional groups attached to an aromatic ring is 1. The molecule has 0 spiro atoms. The summed E-state index contributed by atoms with van der Waals surface area (Å²) in [7, 11) is 3.15. The first-order valence-corrected chi connectivity index (χ1v) is 6.85. The summed E-state index contributed by atoms with van der Waals surface area (Å²) in [5, 5.41) is 0. The molecule has 0 aliphatic carbocycles. The predicted octanol–water partition coefficient (Wildman–Crippen LogP) is 2.09. The molecule has 1 amide bonds. The van der Waals surface area contributed by atoms with E-state index in [9.17, 15) is 4.79 Å². The molecule has 0 unspecified atom stereocenters. The summed E-state index contributed by atoms with van der Waals surface area (Å²) in [4.78, 5) is 13.8. The zero-order valence-electron chi connectivity index (χ0n) is 12.7. The van der Waals surface area contributed by atoms with Crippen LogP contribution < -0.4 is 15.2 Å². The molecule has 0 aliphatic rings. The molecule has 0 saturated heterocycles. The molecule has 0 aromatic heterocycles. The van der Waals surface area contributed by atoms with Crippen LogP contribution in [-0.2, 0) is 11.2 Å². The fourth-order valence-corrected chi connectivity index (χ4v) is 2.13. The van der Waals surface area contributed by atoms with Crippen LogP contribution in [0.2, 0.25) is 0 Å². The second-order valence-electron chi connectivity index (χ2n) is 4.47. The fourth-order valence-electron chi connectivity index (χ4n) is 2.13.